The number of H-pyrrole nitrogens is 1. The molecule has 1 aromatic heterocycles. The van der Waals surface area contributed by atoms with Gasteiger partial charge in [0.05, 0.1) is 12.2 Å². The van der Waals surface area contributed by atoms with Crippen LogP contribution in [0.15, 0.2) is 41.5 Å². The molecule has 0 saturated carbocycles. The van der Waals surface area contributed by atoms with Crippen LogP contribution in [0, 0.1) is 5.82 Å². The van der Waals surface area contributed by atoms with Gasteiger partial charge in [0.15, 0.2) is 5.96 Å². The lowest BCUT2D eigenvalue weighted by atomic mass is 9.84. The van der Waals surface area contributed by atoms with Crippen molar-refractivity contribution in [3.8, 4) is 0 Å². The molecule has 0 aliphatic rings. The third kappa shape index (κ3) is 5.09. The van der Waals surface area contributed by atoms with Crippen LogP contribution >= 0.6 is 0 Å². The van der Waals surface area contributed by atoms with Crippen molar-refractivity contribution in [3.05, 3.63) is 53.6 Å². The maximum Gasteiger partial charge on any atom is 0.191 e. The van der Waals surface area contributed by atoms with Crippen LogP contribution in [-0.4, -0.2) is 29.2 Å². The first-order valence-electron chi connectivity index (χ1n) is 7.78. The van der Waals surface area contributed by atoms with Gasteiger partial charge < -0.3 is 10.6 Å². The molecule has 0 spiro atoms. The molecule has 2 aromatic rings. The highest BCUT2D eigenvalue weighted by atomic mass is 19.1. The summed E-state index contributed by atoms with van der Waals surface area (Å²) in [4.78, 5) is 4.52. The highest BCUT2D eigenvalue weighted by Crippen LogP contribution is 2.22. The van der Waals surface area contributed by atoms with Crippen LogP contribution in [0.5, 0.6) is 0 Å². The fraction of sp³-hybridized carbons (Fsp3) is 0.412. The van der Waals surface area contributed by atoms with Crippen LogP contribution in [0.4, 0.5) is 4.39 Å². The van der Waals surface area contributed by atoms with Crippen molar-refractivity contribution < 1.29 is 4.39 Å². The van der Waals surface area contributed by atoms with Gasteiger partial charge in [-0.25, -0.2) is 9.38 Å². The van der Waals surface area contributed by atoms with E-state index in [-0.39, 0.29) is 11.2 Å². The average Bonchev–Trinajstić information content (AvgIpc) is 3.03. The fourth-order valence-corrected chi connectivity index (χ4v) is 2.19. The minimum absolute atomic E-state index is 0.213. The predicted molar refractivity (Wildman–Crippen MR) is 90.8 cm³/mol. The van der Waals surface area contributed by atoms with Crippen molar-refractivity contribution in [3.63, 3.8) is 0 Å². The standard InChI is InChI=1S/C17H24FN5/c1-4-19-16(20-11-15-8-9-22-23-15)21-12-17(2,3)13-6-5-7-14(18)10-13/h5-10H,4,11-12H2,1-3H3,(H,22,23)(H2,19,20,21). The third-order valence-electron chi connectivity index (χ3n) is 3.61. The van der Waals surface area contributed by atoms with Gasteiger partial charge in [0.2, 0.25) is 0 Å². The van der Waals surface area contributed by atoms with E-state index in [0.29, 0.717) is 13.1 Å². The topological polar surface area (TPSA) is 65.1 Å². The second kappa shape index (κ2) is 7.76. The molecule has 0 fully saturated rings. The molecule has 124 valence electrons. The molecule has 0 saturated heterocycles. The van der Waals surface area contributed by atoms with E-state index in [4.69, 9.17) is 0 Å². The number of nitrogens with zero attached hydrogens (tertiary/aromatic N) is 2. The molecule has 0 amide bonds. The minimum Gasteiger partial charge on any atom is -0.357 e. The lowest BCUT2D eigenvalue weighted by Crippen LogP contribution is -2.43. The summed E-state index contributed by atoms with van der Waals surface area (Å²) in [5.41, 5.74) is 1.69. The molecule has 3 N–H and O–H groups in total. The van der Waals surface area contributed by atoms with Gasteiger partial charge in [0.1, 0.15) is 5.82 Å². The van der Waals surface area contributed by atoms with E-state index in [0.717, 1.165) is 23.8 Å². The van der Waals surface area contributed by atoms with Crippen LogP contribution in [0.2, 0.25) is 0 Å². The zero-order valence-corrected chi connectivity index (χ0v) is 13.9. The van der Waals surface area contributed by atoms with E-state index in [1.807, 2.05) is 19.1 Å². The number of aromatic amines is 1. The number of aliphatic imine (C=N–C) groups is 1. The van der Waals surface area contributed by atoms with Crippen LogP contribution in [0.3, 0.4) is 0 Å². The first-order chi connectivity index (χ1) is 11.0. The van der Waals surface area contributed by atoms with Crippen LogP contribution in [-0.2, 0) is 12.0 Å². The molecule has 0 aliphatic carbocycles. The van der Waals surface area contributed by atoms with Crippen molar-refractivity contribution in [1.29, 1.82) is 0 Å². The van der Waals surface area contributed by atoms with E-state index in [1.165, 1.54) is 6.07 Å². The summed E-state index contributed by atoms with van der Waals surface area (Å²) in [6.45, 7) is 8.11. The molecule has 0 radical (unpaired) electrons. The molecule has 0 bridgehead atoms. The number of hydrogen-bond donors (Lipinski definition) is 3. The molecular formula is C17H24FN5. The Morgan fingerprint density at radius 2 is 2.13 bits per heavy atom. The molecule has 1 aromatic carbocycles. The largest absolute Gasteiger partial charge is 0.357 e. The number of nitrogens with one attached hydrogen (secondary N) is 3. The second-order valence-corrected chi connectivity index (χ2v) is 6.02. The summed E-state index contributed by atoms with van der Waals surface area (Å²) in [6, 6.07) is 8.62. The van der Waals surface area contributed by atoms with Crippen molar-refractivity contribution in [2.24, 2.45) is 4.99 Å². The quantitative estimate of drug-likeness (QED) is 0.567. The summed E-state index contributed by atoms with van der Waals surface area (Å²) >= 11 is 0. The third-order valence-corrected chi connectivity index (χ3v) is 3.61. The van der Waals surface area contributed by atoms with Gasteiger partial charge in [-0.2, -0.15) is 5.10 Å². The summed E-state index contributed by atoms with van der Waals surface area (Å²) in [7, 11) is 0. The number of guanidine groups is 1. The first-order valence-corrected chi connectivity index (χ1v) is 7.78. The molecule has 0 aliphatic heterocycles. The Hall–Kier alpha value is -2.37. The molecule has 0 unspecified atom stereocenters. The Balaban J connectivity index is 2.00. The van der Waals surface area contributed by atoms with Crippen molar-refractivity contribution in [2.45, 2.75) is 32.7 Å². The van der Waals surface area contributed by atoms with Gasteiger partial charge in [0.25, 0.3) is 0 Å². The van der Waals surface area contributed by atoms with Gasteiger partial charge >= 0.3 is 0 Å². The summed E-state index contributed by atoms with van der Waals surface area (Å²) in [5, 5.41) is 13.3. The molecular weight excluding hydrogens is 293 g/mol. The molecule has 5 nitrogen and oxygen atoms in total. The van der Waals surface area contributed by atoms with Crippen LogP contribution in [0.25, 0.3) is 0 Å². The molecule has 23 heavy (non-hydrogen) atoms. The summed E-state index contributed by atoms with van der Waals surface area (Å²) < 4.78 is 13.4. The highest BCUT2D eigenvalue weighted by Gasteiger charge is 2.21. The normalized spacial score (nSPS) is 12.3. The second-order valence-electron chi connectivity index (χ2n) is 6.02. The van der Waals surface area contributed by atoms with E-state index in [1.54, 1.807) is 18.3 Å². The number of benzene rings is 1. The Morgan fingerprint density at radius 1 is 1.30 bits per heavy atom. The Bertz CT molecular complexity index is 634. The van der Waals surface area contributed by atoms with Crippen molar-refractivity contribution in [2.75, 3.05) is 13.1 Å². The SMILES string of the molecule is CCNC(=NCc1ccn[nH]1)NCC(C)(C)c1cccc(F)c1. The Morgan fingerprint density at radius 3 is 2.78 bits per heavy atom. The monoisotopic (exact) mass is 317 g/mol. The van der Waals surface area contributed by atoms with Gasteiger partial charge in [-0.05, 0) is 30.7 Å². The smallest absolute Gasteiger partial charge is 0.191 e. The van der Waals surface area contributed by atoms with Gasteiger partial charge in [-0.1, -0.05) is 26.0 Å². The zero-order valence-electron chi connectivity index (χ0n) is 13.9. The highest BCUT2D eigenvalue weighted by molar-refractivity contribution is 5.79. The summed E-state index contributed by atoms with van der Waals surface area (Å²) in [5.74, 6) is 0.516. The molecule has 6 heteroatoms. The number of aromatic nitrogens is 2. The number of hydrogen-bond acceptors (Lipinski definition) is 2. The van der Waals surface area contributed by atoms with E-state index in [9.17, 15) is 4.39 Å². The van der Waals surface area contributed by atoms with Gasteiger partial charge in [-0.15, -0.1) is 0 Å². The lowest BCUT2D eigenvalue weighted by molar-refractivity contribution is 0.503. The van der Waals surface area contributed by atoms with Gasteiger partial charge in [0, 0.05) is 24.7 Å². The van der Waals surface area contributed by atoms with E-state index in [2.05, 4.69) is 39.7 Å². The van der Waals surface area contributed by atoms with Gasteiger partial charge in [-0.3, -0.25) is 5.10 Å². The Kier molecular flexibility index (Phi) is 5.73. The average molecular weight is 317 g/mol. The van der Waals surface area contributed by atoms with E-state index >= 15 is 0 Å². The van der Waals surface area contributed by atoms with Crippen LogP contribution in [0.1, 0.15) is 32.0 Å². The predicted octanol–water partition coefficient (Wildman–Crippen LogP) is 2.58. The summed E-state index contributed by atoms with van der Waals surface area (Å²) in [6.07, 6.45) is 1.71. The lowest BCUT2D eigenvalue weighted by Gasteiger charge is -2.26. The number of halogens is 1. The van der Waals surface area contributed by atoms with Crippen molar-refractivity contribution in [1.82, 2.24) is 20.8 Å². The molecule has 0 atom stereocenters. The van der Waals surface area contributed by atoms with Crippen LogP contribution < -0.4 is 10.6 Å². The maximum atomic E-state index is 13.4. The van der Waals surface area contributed by atoms with E-state index < -0.39 is 0 Å². The molecule has 2 rings (SSSR count). The zero-order chi connectivity index (χ0) is 16.7. The van der Waals surface area contributed by atoms with Crippen molar-refractivity contribution >= 4 is 5.96 Å². The number of rotatable bonds is 6. The molecule has 1 heterocycles. The minimum atomic E-state index is -0.216. The fourth-order valence-electron chi connectivity index (χ4n) is 2.19. The first kappa shape index (κ1) is 17.0. The maximum absolute atomic E-state index is 13.4. The Labute approximate surface area is 136 Å².